The molecule has 2 bridgehead atoms. The molecule has 0 aromatic carbocycles. The second-order valence-corrected chi connectivity index (χ2v) is 8.33. The van der Waals surface area contributed by atoms with Crippen molar-refractivity contribution in [1.82, 2.24) is 9.80 Å². The average Bonchev–Trinajstić information content (AvgIpc) is 2.62. The summed E-state index contributed by atoms with van der Waals surface area (Å²) in [7, 11) is 2.31. The molecule has 1 N–H and O–H groups in total. The van der Waals surface area contributed by atoms with E-state index in [9.17, 15) is 5.11 Å². The molecule has 2 aliphatic heterocycles. The van der Waals surface area contributed by atoms with Crippen LogP contribution in [0.1, 0.15) is 52.4 Å². The Morgan fingerprint density at radius 1 is 1.10 bits per heavy atom. The Labute approximate surface area is 124 Å². The van der Waals surface area contributed by atoms with Crippen molar-refractivity contribution < 1.29 is 5.11 Å². The number of likely N-dealkylation sites (tertiary alicyclic amines) is 1. The highest BCUT2D eigenvalue weighted by Crippen LogP contribution is 2.39. The molecule has 1 saturated carbocycles. The third-order valence-corrected chi connectivity index (χ3v) is 6.20. The maximum absolute atomic E-state index is 10.3. The maximum atomic E-state index is 10.3. The first-order chi connectivity index (χ1) is 9.44. The van der Waals surface area contributed by atoms with Crippen LogP contribution in [0.2, 0.25) is 0 Å². The van der Waals surface area contributed by atoms with Crippen LogP contribution < -0.4 is 0 Å². The number of rotatable bonds is 2. The summed E-state index contributed by atoms with van der Waals surface area (Å²) < 4.78 is 0. The van der Waals surface area contributed by atoms with Gasteiger partial charge in [0.25, 0.3) is 0 Å². The lowest BCUT2D eigenvalue weighted by molar-refractivity contribution is 0.00315. The van der Waals surface area contributed by atoms with Crippen molar-refractivity contribution in [3.8, 4) is 0 Å². The largest absolute Gasteiger partial charge is 0.393 e. The van der Waals surface area contributed by atoms with Crippen molar-refractivity contribution in [2.75, 3.05) is 26.7 Å². The molecule has 116 valence electrons. The summed E-state index contributed by atoms with van der Waals surface area (Å²) >= 11 is 0. The molecule has 4 unspecified atom stereocenters. The van der Waals surface area contributed by atoms with E-state index < -0.39 is 0 Å². The molecule has 0 radical (unpaired) electrons. The van der Waals surface area contributed by atoms with Crippen molar-refractivity contribution in [3.05, 3.63) is 0 Å². The number of fused-ring (bicyclic) bond motifs is 2. The molecule has 3 nitrogen and oxygen atoms in total. The van der Waals surface area contributed by atoms with Crippen LogP contribution in [0.15, 0.2) is 0 Å². The lowest BCUT2D eigenvalue weighted by atomic mass is 9.70. The zero-order chi connectivity index (χ0) is 14.3. The highest BCUT2D eigenvalue weighted by molar-refractivity contribution is 4.93. The fourth-order valence-electron chi connectivity index (χ4n) is 4.79. The summed E-state index contributed by atoms with van der Waals surface area (Å²) in [5.74, 6) is 0.487. The minimum atomic E-state index is -0.0683. The molecule has 3 rings (SSSR count). The SMILES string of the molecule is CN1C2CCC1CN(CC1CC(C)(C)CCC1O)CC2. The van der Waals surface area contributed by atoms with Crippen LogP contribution >= 0.6 is 0 Å². The molecule has 3 heteroatoms. The van der Waals surface area contributed by atoms with Crippen molar-refractivity contribution >= 4 is 0 Å². The fraction of sp³-hybridized carbons (Fsp3) is 1.00. The summed E-state index contributed by atoms with van der Waals surface area (Å²) in [6.07, 6.45) is 7.38. The van der Waals surface area contributed by atoms with Gasteiger partial charge in [-0.2, -0.15) is 0 Å². The van der Waals surface area contributed by atoms with Crippen LogP contribution in [-0.4, -0.2) is 59.8 Å². The van der Waals surface area contributed by atoms with Crippen LogP contribution in [0.25, 0.3) is 0 Å². The summed E-state index contributed by atoms with van der Waals surface area (Å²) in [4.78, 5) is 5.26. The summed E-state index contributed by atoms with van der Waals surface area (Å²) in [5.41, 5.74) is 0.422. The highest BCUT2D eigenvalue weighted by Gasteiger charge is 2.38. The Bertz CT molecular complexity index is 344. The predicted molar refractivity (Wildman–Crippen MR) is 82.8 cm³/mol. The number of aliphatic hydroxyl groups excluding tert-OH is 1. The molecule has 3 fully saturated rings. The molecule has 4 atom stereocenters. The van der Waals surface area contributed by atoms with Gasteiger partial charge in [0.1, 0.15) is 0 Å². The van der Waals surface area contributed by atoms with Crippen LogP contribution in [0.5, 0.6) is 0 Å². The lowest BCUT2D eigenvalue weighted by Crippen LogP contribution is -2.44. The maximum Gasteiger partial charge on any atom is 0.0581 e. The second kappa shape index (κ2) is 5.58. The topological polar surface area (TPSA) is 26.7 Å². The van der Waals surface area contributed by atoms with Crippen LogP contribution in [0, 0.1) is 11.3 Å². The number of likely N-dealkylation sites (N-methyl/N-ethyl adjacent to an activating group) is 1. The normalized spacial score (nSPS) is 42.6. The van der Waals surface area contributed by atoms with Crippen molar-refractivity contribution in [3.63, 3.8) is 0 Å². The molecule has 20 heavy (non-hydrogen) atoms. The average molecular weight is 280 g/mol. The van der Waals surface area contributed by atoms with E-state index >= 15 is 0 Å². The van der Waals surface area contributed by atoms with Gasteiger partial charge in [-0.1, -0.05) is 13.8 Å². The molecule has 2 heterocycles. The van der Waals surface area contributed by atoms with Gasteiger partial charge in [-0.3, -0.25) is 4.90 Å². The number of nitrogens with zero attached hydrogens (tertiary/aromatic N) is 2. The zero-order valence-electron chi connectivity index (χ0n) is 13.5. The van der Waals surface area contributed by atoms with Crippen LogP contribution in [0.3, 0.4) is 0 Å². The third kappa shape index (κ3) is 3.05. The molecular formula is C17H32N2O. The Hall–Kier alpha value is -0.120. The summed E-state index contributed by atoms with van der Waals surface area (Å²) in [5, 5.41) is 10.3. The van der Waals surface area contributed by atoms with Gasteiger partial charge in [-0.15, -0.1) is 0 Å². The Kier molecular flexibility index (Phi) is 4.13. The summed E-state index contributed by atoms with van der Waals surface area (Å²) in [6.45, 7) is 8.29. The first-order valence-electron chi connectivity index (χ1n) is 8.57. The van der Waals surface area contributed by atoms with Gasteiger partial charge >= 0.3 is 0 Å². The fourth-order valence-corrected chi connectivity index (χ4v) is 4.79. The van der Waals surface area contributed by atoms with E-state index in [1.54, 1.807) is 0 Å². The molecule has 0 aromatic rings. The highest BCUT2D eigenvalue weighted by atomic mass is 16.3. The molecule has 0 spiro atoms. The Balaban J connectivity index is 1.60. The Morgan fingerprint density at radius 2 is 1.85 bits per heavy atom. The smallest absolute Gasteiger partial charge is 0.0581 e. The number of hydrogen-bond acceptors (Lipinski definition) is 3. The van der Waals surface area contributed by atoms with Gasteiger partial charge in [0, 0.05) is 25.2 Å². The standard InChI is InChI=1S/C17H32N2O/c1-17(2)8-6-16(20)13(10-17)11-19-9-7-14-4-5-15(12-19)18(14)3/h13-16,20H,4-12H2,1-3H3. The quantitative estimate of drug-likeness (QED) is 0.841. The van der Waals surface area contributed by atoms with E-state index in [0.717, 1.165) is 25.0 Å². The van der Waals surface area contributed by atoms with Gasteiger partial charge in [0.05, 0.1) is 6.10 Å². The van der Waals surface area contributed by atoms with E-state index in [2.05, 4.69) is 30.7 Å². The van der Waals surface area contributed by atoms with Crippen molar-refractivity contribution in [1.29, 1.82) is 0 Å². The molecule has 1 aliphatic carbocycles. The second-order valence-electron chi connectivity index (χ2n) is 8.33. The van der Waals surface area contributed by atoms with E-state index in [1.807, 2.05) is 0 Å². The molecule has 0 aromatic heterocycles. The minimum absolute atomic E-state index is 0.0683. The van der Waals surface area contributed by atoms with Gasteiger partial charge in [0.2, 0.25) is 0 Å². The first kappa shape index (κ1) is 14.8. The molecule has 2 saturated heterocycles. The van der Waals surface area contributed by atoms with E-state index in [0.29, 0.717) is 11.3 Å². The van der Waals surface area contributed by atoms with Crippen molar-refractivity contribution in [2.45, 2.75) is 70.6 Å². The third-order valence-electron chi connectivity index (χ3n) is 6.20. The monoisotopic (exact) mass is 280 g/mol. The van der Waals surface area contributed by atoms with E-state index in [-0.39, 0.29) is 6.10 Å². The first-order valence-corrected chi connectivity index (χ1v) is 8.57. The van der Waals surface area contributed by atoms with Gasteiger partial charge in [-0.25, -0.2) is 0 Å². The number of aliphatic hydroxyl groups is 1. The number of hydrogen-bond donors (Lipinski definition) is 1. The summed E-state index contributed by atoms with van der Waals surface area (Å²) in [6, 6.07) is 1.58. The minimum Gasteiger partial charge on any atom is -0.393 e. The van der Waals surface area contributed by atoms with Crippen molar-refractivity contribution in [2.24, 2.45) is 11.3 Å². The van der Waals surface area contributed by atoms with Gasteiger partial charge in [-0.05, 0) is 63.5 Å². The van der Waals surface area contributed by atoms with Crippen LogP contribution in [0.4, 0.5) is 0 Å². The Morgan fingerprint density at radius 3 is 2.65 bits per heavy atom. The van der Waals surface area contributed by atoms with Gasteiger partial charge in [0.15, 0.2) is 0 Å². The lowest BCUT2D eigenvalue weighted by Gasteiger charge is -2.41. The molecular weight excluding hydrogens is 248 g/mol. The van der Waals surface area contributed by atoms with E-state index in [4.69, 9.17) is 0 Å². The van der Waals surface area contributed by atoms with Crippen LogP contribution in [-0.2, 0) is 0 Å². The zero-order valence-corrected chi connectivity index (χ0v) is 13.5. The molecule has 0 amide bonds. The van der Waals surface area contributed by atoms with Gasteiger partial charge < -0.3 is 10.0 Å². The predicted octanol–water partition coefficient (Wildman–Crippen LogP) is 2.34. The van der Waals surface area contributed by atoms with E-state index in [1.165, 1.54) is 45.2 Å². The molecule has 3 aliphatic rings.